The van der Waals surface area contributed by atoms with Crippen molar-refractivity contribution in [3.8, 4) is 0 Å². The van der Waals surface area contributed by atoms with Crippen LogP contribution in [0, 0.1) is 11.7 Å². The van der Waals surface area contributed by atoms with E-state index in [1.54, 1.807) is 12.1 Å². The number of amides is 2. The Kier molecular flexibility index (Phi) is 6.20. The van der Waals surface area contributed by atoms with Crippen molar-refractivity contribution in [2.45, 2.75) is 24.9 Å². The molecule has 1 aliphatic rings. The van der Waals surface area contributed by atoms with E-state index in [9.17, 15) is 27.2 Å². The minimum Gasteiger partial charge on any atom is -0.354 e. The summed E-state index contributed by atoms with van der Waals surface area (Å²) in [5, 5.41) is 5.31. The van der Waals surface area contributed by atoms with Gasteiger partial charge in [-0.2, -0.15) is 13.2 Å². The molecule has 154 valence electrons. The molecule has 0 aliphatic heterocycles. The number of halogens is 4. The van der Waals surface area contributed by atoms with Gasteiger partial charge in [-0.3, -0.25) is 9.59 Å². The minimum absolute atomic E-state index is 0.0337. The maximum absolute atomic E-state index is 13.1. The highest BCUT2D eigenvalue weighted by atomic mass is 19.4. The summed E-state index contributed by atoms with van der Waals surface area (Å²) in [5.74, 6) is -1.53. The highest BCUT2D eigenvalue weighted by Gasteiger charge is 2.44. The van der Waals surface area contributed by atoms with Crippen LogP contribution in [0.3, 0.4) is 0 Å². The fraction of sp³-hybridized carbons (Fsp3) is 0.333. The molecule has 1 aliphatic carbocycles. The highest BCUT2D eigenvalue weighted by Crippen LogP contribution is 2.48. The van der Waals surface area contributed by atoms with Gasteiger partial charge in [0.2, 0.25) is 11.8 Å². The van der Waals surface area contributed by atoms with Gasteiger partial charge in [0.05, 0.1) is 12.0 Å². The third-order valence-corrected chi connectivity index (χ3v) is 4.77. The van der Waals surface area contributed by atoms with E-state index in [4.69, 9.17) is 0 Å². The number of benzene rings is 2. The molecule has 2 amide bonds. The van der Waals surface area contributed by atoms with Gasteiger partial charge in [-0.25, -0.2) is 4.39 Å². The van der Waals surface area contributed by atoms with Crippen LogP contribution in [-0.2, 0) is 22.2 Å². The molecule has 0 radical (unpaired) electrons. The first-order valence-electron chi connectivity index (χ1n) is 9.20. The normalized spacial score (nSPS) is 18.2. The smallest absolute Gasteiger partial charge is 0.354 e. The predicted molar refractivity (Wildman–Crippen MR) is 98.4 cm³/mol. The first kappa shape index (κ1) is 20.8. The maximum atomic E-state index is 13.1. The minimum atomic E-state index is -4.41. The zero-order valence-corrected chi connectivity index (χ0v) is 15.4. The Balaban J connectivity index is 1.39. The molecule has 2 unspecified atom stereocenters. The molecule has 3 rings (SSSR count). The van der Waals surface area contributed by atoms with E-state index < -0.39 is 17.6 Å². The second kappa shape index (κ2) is 8.63. The van der Waals surface area contributed by atoms with E-state index in [0.29, 0.717) is 17.5 Å². The standard InChI is InChI=1S/C21H20F4N2O2/c22-16-6-1-3-13(9-16)10-19(28)26-7-8-27-20(29)18-12-17(18)14-4-2-5-15(11-14)21(23,24)25/h1-6,9,11,17-18H,7-8,10,12H2,(H,26,28)(H,27,29). The average Bonchev–Trinajstić information content (AvgIpc) is 3.45. The zero-order chi connectivity index (χ0) is 21.0. The third-order valence-electron chi connectivity index (χ3n) is 4.77. The highest BCUT2D eigenvalue weighted by molar-refractivity contribution is 5.83. The molecule has 2 N–H and O–H groups in total. The monoisotopic (exact) mass is 408 g/mol. The first-order valence-corrected chi connectivity index (χ1v) is 9.20. The maximum Gasteiger partial charge on any atom is 0.416 e. The Hall–Kier alpha value is -2.90. The predicted octanol–water partition coefficient (Wildman–Crippen LogP) is 3.42. The van der Waals surface area contributed by atoms with Crippen LogP contribution in [-0.4, -0.2) is 24.9 Å². The van der Waals surface area contributed by atoms with Crippen LogP contribution in [0.2, 0.25) is 0 Å². The van der Waals surface area contributed by atoms with Gasteiger partial charge in [0.25, 0.3) is 0 Å². The zero-order valence-electron chi connectivity index (χ0n) is 15.4. The number of nitrogens with one attached hydrogen (secondary N) is 2. The SMILES string of the molecule is O=C(Cc1cccc(F)c1)NCCNC(=O)C1CC1c1cccc(C(F)(F)F)c1. The number of hydrogen-bond acceptors (Lipinski definition) is 2. The van der Waals surface area contributed by atoms with Crippen LogP contribution in [0.25, 0.3) is 0 Å². The largest absolute Gasteiger partial charge is 0.416 e. The van der Waals surface area contributed by atoms with E-state index in [0.717, 1.165) is 12.1 Å². The topological polar surface area (TPSA) is 58.2 Å². The van der Waals surface area contributed by atoms with Gasteiger partial charge in [0.1, 0.15) is 5.82 Å². The lowest BCUT2D eigenvalue weighted by Crippen LogP contribution is -2.36. The Morgan fingerprint density at radius 3 is 2.45 bits per heavy atom. The molecule has 0 heterocycles. The molecule has 8 heteroatoms. The molecule has 2 atom stereocenters. The van der Waals surface area contributed by atoms with Crippen molar-refractivity contribution < 1.29 is 27.2 Å². The number of rotatable bonds is 7. The van der Waals surface area contributed by atoms with Crippen LogP contribution >= 0.6 is 0 Å². The Morgan fingerprint density at radius 2 is 1.72 bits per heavy atom. The lowest BCUT2D eigenvalue weighted by molar-refractivity contribution is -0.137. The molecule has 29 heavy (non-hydrogen) atoms. The van der Waals surface area contributed by atoms with Gasteiger partial charge in [0, 0.05) is 19.0 Å². The fourth-order valence-corrected chi connectivity index (χ4v) is 3.21. The summed E-state index contributed by atoms with van der Waals surface area (Å²) < 4.78 is 51.5. The van der Waals surface area contributed by atoms with Gasteiger partial charge >= 0.3 is 6.18 Å². The van der Waals surface area contributed by atoms with Crippen LogP contribution in [0.5, 0.6) is 0 Å². The quantitative estimate of drug-likeness (QED) is 0.545. The van der Waals surface area contributed by atoms with Crippen LogP contribution < -0.4 is 10.6 Å². The lowest BCUT2D eigenvalue weighted by Gasteiger charge is -2.09. The molecule has 1 fully saturated rings. The fourth-order valence-electron chi connectivity index (χ4n) is 3.21. The summed E-state index contributed by atoms with van der Waals surface area (Å²) in [6.45, 7) is 0.417. The molecule has 0 aromatic heterocycles. The lowest BCUT2D eigenvalue weighted by atomic mass is 10.1. The summed E-state index contributed by atoms with van der Waals surface area (Å²) in [7, 11) is 0. The van der Waals surface area contributed by atoms with E-state index in [-0.39, 0.29) is 43.2 Å². The van der Waals surface area contributed by atoms with E-state index >= 15 is 0 Å². The van der Waals surface area contributed by atoms with Crippen LogP contribution in [0.4, 0.5) is 17.6 Å². The van der Waals surface area contributed by atoms with Crippen molar-refractivity contribution in [2.75, 3.05) is 13.1 Å². The number of alkyl halides is 3. The van der Waals surface area contributed by atoms with E-state index in [1.165, 1.54) is 24.3 Å². The van der Waals surface area contributed by atoms with Crippen LogP contribution in [0.1, 0.15) is 29.0 Å². The Bertz CT molecular complexity index is 898. The summed E-state index contributed by atoms with van der Waals surface area (Å²) in [4.78, 5) is 24.0. The molecular weight excluding hydrogens is 388 g/mol. The van der Waals surface area contributed by atoms with E-state index in [2.05, 4.69) is 10.6 Å². The Labute approximate surface area is 165 Å². The van der Waals surface area contributed by atoms with Gasteiger partial charge in [-0.05, 0) is 41.7 Å². The van der Waals surface area contributed by atoms with E-state index in [1.807, 2.05) is 0 Å². The summed E-state index contributed by atoms with van der Waals surface area (Å²) >= 11 is 0. The molecule has 2 aromatic rings. The number of carbonyl (C=O) groups excluding carboxylic acids is 2. The first-order chi connectivity index (χ1) is 13.7. The third kappa shape index (κ3) is 5.79. The second-order valence-corrected chi connectivity index (χ2v) is 7.02. The summed E-state index contributed by atoms with van der Waals surface area (Å²) in [5.41, 5.74) is 0.332. The summed E-state index contributed by atoms with van der Waals surface area (Å²) in [6.07, 6.45) is -3.88. The molecule has 4 nitrogen and oxygen atoms in total. The van der Waals surface area contributed by atoms with Crippen molar-refractivity contribution in [1.82, 2.24) is 10.6 Å². The summed E-state index contributed by atoms with van der Waals surface area (Å²) in [6, 6.07) is 10.8. The van der Waals surface area contributed by atoms with Crippen molar-refractivity contribution in [2.24, 2.45) is 5.92 Å². The molecular formula is C21H20F4N2O2. The van der Waals surface area contributed by atoms with Gasteiger partial charge in [0.15, 0.2) is 0 Å². The van der Waals surface area contributed by atoms with Crippen molar-refractivity contribution in [3.05, 3.63) is 71.0 Å². The van der Waals surface area contributed by atoms with Crippen molar-refractivity contribution in [1.29, 1.82) is 0 Å². The van der Waals surface area contributed by atoms with Crippen molar-refractivity contribution in [3.63, 3.8) is 0 Å². The molecule has 0 saturated heterocycles. The molecule has 2 aromatic carbocycles. The van der Waals surface area contributed by atoms with Gasteiger partial charge in [-0.15, -0.1) is 0 Å². The van der Waals surface area contributed by atoms with Gasteiger partial charge in [-0.1, -0.05) is 30.3 Å². The average molecular weight is 408 g/mol. The van der Waals surface area contributed by atoms with Gasteiger partial charge < -0.3 is 10.6 Å². The second-order valence-electron chi connectivity index (χ2n) is 7.02. The molecule has 0 spiro atoms. The number of carbonyl (C=O) groups is 2. The van der Waals surface area contributed by atoms with Crippen molar-refractivity contribution >= 4 is 11.8 Å². The molecule has 0 bridgehead atoms. The Morgan fingerprint density at radius 1 is 1.00 bits per heavy atom. The molecule has 1 saturated carbocycles. The number of hydrogen-bond donors (Lipinski definition) is 2. The van der Waals surface area contributed by atoms with Crippen LogP contribution in [0.15, 0.2) is 48.5 Å².